The minimum Gasteiger partial charge on any atom is -0.490 e. The molecule has 0 aliphatic heterocycles. The molecule has 1 fully saturated rings. The summed E-state index contributed by atoms with van der Waals surface area (Å²) in [6.07, 6.45) is 2.30. The van der Waals surface area contributed by atoms with E-state index in [1.54, 1.807) is 11.4 Å². The van der Waals surface area contributed by atoms with Gasteiger partial charge in [0.1, 0.15) is 21.6 Å². The van der Waals surface area contributed by atoms with Crippen LogP contribution in [0.1, 0.15) is 25.7 Å². The zero-order chi connectivity index (χ0) is 20.1. The highest BCUT2D eigenvalue weighted by atomic mass is 32.2. The molecule has 1 heterocycles. The third-order valence-corrected chi connectivity index (χ3v) is 7.16. The van der Waals surface area contributed by atoms with Gasteiger partial charge in [-0.2, -0.15) is 0 Å². The van der Waals surface area contributed by atoms with Gasteiger partial charge in [-0.1, -0.05) is 6.07 Å². The van der Waals surface area contributed by atoms with Crippen molar-refractivity contribution in [2.45, 2.75) is 42.0 Å². The van der Waals surface area contributed by atoms with Crippen LogP contribution in [0.2, 0.25) is 0 Å². The predicted molar refractivity (Wildman–Crippen MR) is 101 cm³/mol. The summed E-state index contributed by atoms with van der Waals surface area (Å²) in [7, 11) is -3.68. The van der Waals surface area contributed by atoms with Gasteiger partial charge in [0.25, 0.3) is 10.0 Å². The van der Waals surface area contributed by atoms with Crippen LogP contribution in [0.15, 0.2) is 39.9 Å². The summed E-state index contributed by atoms with van der Waals surface area (Å²) in [5.41, 5.74) is 0. The van der Waals surface area contributed by atoms with Crippen LogP contribution in [0.3, 0.4) is 0 Å². The molecule has 6 nitrogen and oxygen atoms in total. The van der Waals surface area contributed by atoms with E-state index in [-0.39, 0.29) is 28.6 Å². The van der Waals surface area contributed by atoms with E-state index >= 15 is 0 Å². The molecule has 0 saturated heterocycles. The third kappa shape index (κ3) is 5.73. The van der Waals surface area contributed by atoms with E-state index in [0.29, 0.717) is 25.7 Å². The van der Waals surface area contributed by atoms with E-state index in [1.807, 2.05) is 0 Å². The highest BCUT2D eigenvalue weighted by molar-refractivity contribution is 7.91. The molecule has 0 radical (unpaired) electrons. The molecule has 1 amide bonds. The lowest BCUT2D eigenvalue weighted by atomic mass is 9.93. The number of ether oxygens (including phenoxy) is 1. The Bertz CT molecular complexity index is 891. The molecule has 1 saturated carbocycles. The van der Waals surface area contributed by atoms with E-state index in [0.717, 1.165) is 29.5 Å². The standard InChI is InChI=1S/C18H20F2N2O4S2/c19-12-8-13(20)10-16(9-12)26-15-5-3-14(4-6-15)22-17(23)11-21-28(24,25)18-2-1-7-27-18/h1-2,7-10,14-15,21H,3-6,11H2,(H,22,23). The Labute approximate surface area is 166 Å². The van der Waals surface area contributed by atoms with Crippen LogP contribution >= 0.6 is 11.3 Å². The fourth-order valence-electron chi connectivity index (χ4n) is 3.04. The normalized spacial score (nSPS) is 19.9. The van der Waals surface area contributed by atoms with Crippen LogP contribution in [0, 0.1) is 11.6 Å². The number of nitrogens with one attached hydrogen (secondary N) is 2. The van der Waals surface area contributed by atoms with Crippen molar-refractivity contribution in [2.24, 2.45) is 0 Å². The average Bonchev–Trinajstić information content (AvgIpc) is 3.17. The van der Waals surface area contributed by atoms with Crippen LogP contribution in [-0.4, -0.2) is 33.0 Å². The van der Waals surface area contributed by atoms with Crippen molar-refractivity contribution in [3.8, 4) is 5.75 Å². The van der Waals surface area contributed by atoms with E-state index in [2.05, 4.69) is 10.0 Å². The van der Waals surface area contributed by atoms with Crippen LogP contribution in [0.5, 0.6) is 5.75 Å². The van der Waals surface area contributed by atoms with E-state index in [1.165, 1.54) is 6.07 Å². The summed E-state index contributed by atoms with van der Waals surface area (Å²) in [5, 5.41) is 4.45. The highest BCUT2D eigenvalue weighted by Crippen LogP contribution is 2.25. The van der Waals surface area contributed by atoms with E-state index in [4.69, 9.17) is 4.74 Å². The maximum absolute atomic E-state index is 13.2. The SMILES string of the molecule is O=C(CNS(=O)(=O)c1cccs1)NC1CCC(Oc2cc(F)cc(F)c2)CC1. The maximum Gasteiger partial charge on any atom is 0.250 e. The first-order valence-electron chi connectivity index (χ1n) is 8.77. The van der Waals surface area contributed by atoms with Gasteiger partial charge in [-0.3, -0.25) is 4.79 Å². The first-order valence-corrected chi connectivity index (χ1v) is 11.1. The van der Waals surface area contributed by atoms with E-state index in [9.17, 15) is 22.0 Å². The second kappa shape index (κ2) is 8.97. The predicted octanol–water partition coefficient (Wildman–Crippen LogP) is 2.81. The largest absolute Gasteiger partial charge is 0.490 e. The molecule has 10 heteroatoms. The topological polar surface area (TPSA) is 84.5 Å². The molecular weight excluding hydrogens is 410 g/mol. The lowest BCUT2D eigenvalue weighted by Gasteiger charge is -2.29. The lowest BCUT2D eigenvalue weighted by Crippen LogP contribution is -2.44. The molecule has 1 aliphatic carbocycles. The van der Waals surface area contributed by atoms with Crippen molar-refractivity contribution in [3.05, 3.63) is 47.3 Å². The van der Waals surface area contributed by atoms with Gasteiger partial charge in [-0.15, -0.1) is 11.3 Å². The minimum atomic E-state index is -3.68. The highest BCUT2D eigenvalue weighted by Gasteiger charge is 2.24. The molecule has 2 aromatic rings. The number of hydrogen-bond donors (Lipinski definition) is 2. The summed E-state index contributed by atoms with van der Waals surface area (Å²) in [6.45, 7) is -0.334. The second-order valence-electron chi connectivity index (χ2n) is 6.52. The number of amides is 1. The van der Waals surface area contributed by atoms with Crippen molar-refractivity contribution in [1.29, 1.82) is 0 Å². The Kier molecular flexibility index (Phi) is 6.63. The zero-order valence-corrected chi connectivity index (χ0v) is 16.5. The lowest BCUT2D eigenvalue weighted by molar-refractivity contribution is -0.121. The summed E-state index contributed by atoms with van der Waals surface area (Å²) in [4.78, 5) is 12.0. The number of rotatable bonds is 7. The number of thiophene rings is 1. The molecule has 1 aromatic heterocycles. The van der Waals surface area contributed by atoms with Crippen molar-refractivity contribution in [1.82, 2.24) is 10.0 Å². The molecule has 1 aromatic carbocycles. The van der Waals surface area contributed by atoms with Gasteiger partial charge in [0.2, 0.25) is 5.91 Å². The van der Waals surface area contributed by atoms with Gasteiger partial charge >= 0.3 is 0 Å². The monoisotopic (exact) mass is 430 g/mol. The molecule has 0 bridgehead atoms. The molecule has 0 atom stereocenters. The second-order valence-corrected chi connectivity index (χ2v) is 9.46. The molecule has 0 unspecified atom stereocenters. The Morgan fingerprint density at radius 3 is 2.43 bits per heavy atom. The number of benzene rings is 1. The maximum atomic E-state index is 13.2. The zero-order valence-electron chi connectivity index (χ0n) is 14.9. The number of halogens is 2. The molecular formula is C18H20F2N2O4S2. The van der Waals surface area contributed by atoms with Gasteiger partial charge in [0.05, 0.1) is 12.6 Å². The summed E-state index contributed by atoms with van der Waals surface area (Å²) < 4.78 is 58.5. The molecule has 1 aliphatic rings. The average molecular weight is 430 g/mol. The Hall–Kier alpha value is -2.04. The van der Waals surface area contributed by atoms with Gasteiger partial charge in [-0.25, -0.2) is 21.9 Å². The smallest absolute Gasteiger partial charge is 0.250 e. The van der Waals surface area contributed by atoms with Crippen LogP contribution in [0.25, 0.3) is 0 Å². The Balaban J connectivity index is 1.42. The molecule has 3 rings (SSSR count). The fraction of sp³-hybridized carbons (Fsp3) is 0.389. The third-order valence-electron chi connectivity index (χ3n) is 4.36. The molecule has 2 N–H and O–H groups in total. The van der Waals surface area contributed by atoms with Crippen molar-refractivity contribution in [3.63, 3.8) is 0 Å². The van der Waals surface area contributed by atoms with Gasteiger partial charge in [0, 0.05) is 24.2 Å². The number of carbonyl (C=O) groups is 1. The van der Waals surface area contributed by atoms with Crippen LogP contribution in [0.4, 0.5) is 8.78 Å². The first kappa shape index (κ1) is 20.7. The Morgan fingerprint density at radius 2 is 1.82 bits per heavy atom. The van der Waals surface area contributed by atoms with Crippen molar-refractivity contribution >= 4 is 27.3 Å². The van der Waals surface area contributed by atoms with Gasteiger partial charge in [0.15, 0.2) is 0 Å². The van der Waals surface area contributed by atoms with Gasteiger partial charge < -0.3 is 10.1 Å². The number of hydrogen-bond acceptors (Lipinski definition) is 5. The quantitative estimate of drug-likeness (QED) is 0.708. The number of sulfonamides is 1. The first-order chi connectivity index (χ1) is 13.3. The Morgan fingerprint density at radius 1 is 1.14 bits per heavy atom. The molecule has 0 spiro atoms. The van der Waals surface area contributed by atoms with Crippen LogP contribution in [-0.2, 0) is 14.8 Å². The molecule has 152 valence electrons. The molecule has 28 heavy (non-hydrogen) atoms. The summed E-state index contributed by atoms with van der Waals surface area (Å²) in [5.74, 6) is -1.65. The van der Waals surface area contributed by atoms with Crippen molar-refractivity contribution < 1.29 is 26.7 Å². The summed E-state index contributed by atoms with van der Waals surface area (Å²) >= 11 is 1.08. The van der Waals surface area contributed by atoms with Gasteiger partial charge in [-0.05, 0) is 37.1 Å². The van der Waals surface area contributed by atoms with Crippen molar-refractivity contribution in [2.75, 3.05) is 6.54 Å². The van der Waals surface area contributed by atoms with E-state index < -0.39 is 27.6 Å². The van der Waals surface area contributed by atoms with Crippen LogP contribution < -0.4 is 14.8 Å². The fourth-order valence-corrected chi connectivity index (χ4v) is 5.06. The summed E-state index contributed by atoms with van der Waals surface area (Å²) in [6, 6.07) is 6.05. The minimum absolute atomic E-state index is 0.0946. The number of carbonyl (C=O) groups excluding carboxylic acids is 1.